The fourth-order valence-electron chi connectivity index (χ4n) is 6.82. The van der Waals surface area contributed by atoms with E-state index in [-0.39, 0.29) is 0 Å². The van der Waals surface area contributed by atoms with E-state index in [9.17, 15) is 0 Å². The lowest BCUT2D eigenvalue weighted by Gasteiger charge is -2.26. The minimum atomic E-state index is 0.418. The van der Waals surface area contributed by atoms with Gasteiger partial charge < -0.3 is 9.47 Å². The van der Waals surface area contributed by atoms with Crippen LogP contribution in [0, 0.1) is 0 Å². The van der Waals surface area contributed by atoms with E-state index in [4.69, 9.17) is 0 Å². The summed E-state index contributed by atoms with van der Waals surface area (Å²) in [4.78, 5) is 2.38. The van der Waals surface area contributed by atoms with Crippen LogP contribution in [-0.2, 0) is 6.42 Å². The molecule has 0 bridgehead atoms. The molecular formula is C38H30N2. The van der Waals surface area contributed by atoms with Crippen molar-refractivity contribution in [3.8, 4) is 16.8 Å². The lowest BCUT2D eigenvalue weighted by Crippen LogP contribution is -2.10. The van der Waals surface area contributed by atoms with Gasteiger partial charge in [0.15, 0.2) is 0 Å². The summed E-state index contributed by atoms with van der Waals surface area (Å²) in [5.41, 5.74) is 14.3. The third-order valence-corrected chi connectivity index (χ3v) is 8.71. The highest BCUT2D eigenvalue weighted by Gasteiger charge is 2.26. The minimum Gasteiger partial charge on any atom is -0.313 e. The average Bonchev–Trinajstić information content (AvgIpc) is 3.50. The summed E-state index contributed by atoms with van der Waals surface area (Å²) in [5, 5.41) is 1.33. The minimum absolute atomic E-state index is 0.418. The number of anilines is 3. The molecule has 0 saturated carbocycles. The highest BCUT2D eigenvalue weighted by Crippen LogP contribution is 2.47. The van der Waals surface area contributed by atoms with Crippen LogP contribution in [0.4, 0.5) is 17.1 Å². The highest BCUT2D eigenvalue weighted by atomic mass is 15.1. The first-order valence-corrected chi connectivity index (χ1v) is 14.3. The number of benzene rings is 5. The van der Waals surface area contributed by atoms with Gasteiger partial charge in [0.25, 0.3) is 0 Å². The van der Waals surface area contributed by atoms with Gasteiger partial charge in [-0.25, -0.2) is 0 Å². The summed E-state index contributed by atoms with van der Waals surface area (Å²) in [6.07, 6.45) is 6.75. The third-order valence-electron chi connectivity index (χ3n) is 8.71. The van der Waals surface area contributed by atoms with E-state index in [1.807, 2.05) is 0 Å². The lowest BCUT2D eigenvalue weighted by atomic mass is 9.99. The Balaban J connectivity index is 1.25. The molecule has 1 aromatic heterocycles. The first-order chi connectivity index (χ1) is 19.8. The predicted octanol–water partition coefficient (Wildman–Crippen LogP) is 10.2. The molecule has 2 heteroatoms. The molecule has 5 aromatic carbocycles. The fraction of sp³-hybridized carbons (Fsp3) is 0.105. The molecule has 2 aliphatic carbocycles. The van der Waals surface area contributed by atoms with Gasteiger partial charge >= 0.3 is 0 Å². The second-order valence-electron chi connectivity index (χ2n) is 10.9. The Kier molecular flexibility index (Phi) is 5.28. The summed E-state index contributed by atoms with van der Waals surface area (Å²) < 4.78 is 2.46. The molecule has 40 heavy (non-hydrogen) atoms. The number of hydrogen-bond donors (Lipinski definition) is 0. The normalized spacial score (nSPS) is 15.1. The van der Waals surface area contributed by atoms with Crippen LogP contribution in [0.3, 0.4) is 0 Å². The number of rotatable bonds is 4. The molecule has 2 nitrogen and oxygen atoms in total. The molecule has 2 aliphatic rings. The number of hydrogen-bond acceptors (Lipinski definition) is 1. The fourth-order valence-corrected chi connectivity index (χ4v) is 6.82. The van der Waals surface area contributed by atoms with E-state index >= 15 is 0 Å². The van der Waals surface area contributed by atoms with Gasteiger partial charge in [-0.05, 0) is 89.7 Å². The monoisotopic (exact) mass is 514 g/mol. The van der Waals surface area contributed by atoms with Crippen molar-refractivity contribution >= 4 is 34.0 Å². The molecule has 0 spiro atoms. The molecule has 6 aromatic rings. The zero-order chi connectivity index (χ0) is 26.6. The van der Waals surface area contributed by atoms with Gasteiger partial charge in [-0.3, -0.25) is 0 Å². The van der Waals surface area contributed by atoms with Gasteiger partial charge in [-0.15, -0.1) is 0 Å². The molecule has 8 rings (SSSR count). The largest absolute Gasteiger partial charge is 0.313 e. The maximum atomic E-state index is 2.46. The number of nitrogens with zero attached hydrogens (tertiary/aromatic N) is 2. The van der Waals surface area contributed by atoms with Crippen molar-refractivity contribution in [3.05, 3.63) is 150 Å². The van der Waals surface area contributed by atoms with Crippen LogP contribution in [-0.4, -0.2) is 4.57 Å². The van der Waals surface area contributed by atoms with Crippen LogP contribution in [0.25, 0.3) is 33.8 Å². The topological polar surface area (TPSA) is 8.17 Å². The van der Waals surface area contributed by atoms with Gasteiger partial charge in [0, 0.05) is 45.3 Å². The van der Waals surface area contributed by atoms with Gasteiger partial charge in [0.1, 0.15) is 0 Å². The molecule has 1 unspecified atom stereocenters. The van der Waals surface area contributed by atoms with Crippen molar-refractivity contribution in [2.75, 3.05) is 4.90 Å². The van der Waals surface area contributed by atoms with Crippen molar-refractivity contribution in [2.24, 2.45) is 0 Å². The second kappa shape index (κ2) is 9.14. The van der Waals surface area contributed by atoms with Crippen molar-refractivity contribution in [2.45, 2.75) is 25.7 Å². The molecular weight excluding hydrogens is 484 g/mol. The Morgan fingerprint density at radius 3 is 2.23 bits per heavy atom. The molecule has 0 N–H and O–H groups in total. The van der Waals surface area contributed by atoms with Crippen LogP contribution < -0.4 is 4.90 Å². The number of aromatic nitrogens is 1. The van der Waals surface area contributed by atoms with Gasteiger partial charge in [-0.1, -0.05) is 85.8 Å². The summed E-state index contributed by atoms with van der Waals surface area (Å²) in [6, 6.07) is 44.4. The Morgan fingerprint density at radius 2 is 1.35 bits per heavy atom. The molecule has 1 atom stereocenters. The summed E-state index contributed by atoms with van der Waals surface area (Å²) >= 11 is 0. The standard InChI is InChI=1S/C38H30N2/c1-26-31-13-5-6-14-33(31)36-25-30(23-24-32(26)36)39(27-11-3-2-4-12-27)28-19-21-29(22-20-28)40-37-17-9-7-15-34(37)35-16-8-10-18-38(35)40/h2-9,11-17,19-26H,10,18H2,1H3. The summed E-state index contributed by atoms with van der Waals surface area (Å²) in [5.74, 6) is 0.418. The van der Waals surface area contributed by atoms with Gasteiger partial charge in [0.05, 0.1) is 5.52 Å². The van der Waals surface area contributed by atoms with E-state index in [0.717, 1.165) is 24.2 Å². The zero-order valence-electron chi connectivity index (χ0n) is 22.6. The Labute approximate surface area is 235 Å². The Morgan fingerprint density at radius 1 is 0.650 bits per heavy atom. The SMILES string of the molecule is CC1c2ccccc2-c2cc(N(c3ccccc3)c3ccc(-n4c5c(c6ccccc64)C=CCC5)cc3)ccc21. The van der Waals surface area contributed by atoms with Crippen LogP contribution >= 0.6 is 0 Å². The van der Waals surface area contributed by atoms with Crippen molar-refractivity contribution < 1.29 is 0 Å². The van der Waals surface area contributed by atoms with E-state index in [0.29, 0.717) is 5.92 Å². The van der Waals surface area contributed by atoms with E-state index in [1.165, 1.54) is 55.8 Å². The van der Waals surface area contributed by atoms with E-state index in [2.05, 4.69) is 150 Å². The zero-order valence-corrected chi connectivity index (χ0v) is 22.6. The van der Waals surface area contributed by atoms with E-state index < -0.39 is 0 Å². The highest BCUT2D eigenvalue weighted by molar-refractivity contribution is 5.93. The lowest BCUT2D eigenvalue weighted by molar-refractivity contribution is 0.888. The van der Waals surface area contributed by atoms with E-state index in [1.54, 1.807) is 0 Å². The summed E-state index contributed by atoms with van der Waals surface area (Å²) in [7, 11) is 0. The van der Waals surface area contributed by atoms with Crippen LogP contribution in [0.1, 0.15) is 41.6 Å². The molecule has 0 amide bonds. The molecule has 0 fully saturated rings. The molecule has 1 heterocycles. The van der Waals surface area contributed by atoms with Crippen molar-refractivity contribution in [1.82, 2.24) is 4.57 Å². The van der Waals surface area contributed by atoms with Crippen molar-refractivity contribution in [1.29, 1.82) is 0 Å². The van der Waals surface area contributed by atoms with Crippen LogP contribution in [0.15, 0.2) is 127 Å². The quantitative estimate of drug-likeness (QED) is 0.227. The number of allylic oxidation sites excluding steroid dienone is 1. The Bertz CT molecular complexity index is 1910. The smallest absolute Gasteiger partial charge is 0.0537 e. The van der Waals surface area contributed by atoms with Crippen LogP contribution in [0.2, 0.25) is 0 Å². The van der Waals surface area contributed by atoms with Gasteiger partial charge in [0.2, 0.25) is 0 Å². The number of para-hydroxylation sites is 2. The first-order valence-electron chi connectivity index (χ1n) is 14.3. The molecule has 0 saturated heterocycles. The maximum absolute atomic E-state index is 2.46. The molecule has 0 aliphatic heterocycles. The summed E-state index contributed by atoms with van der Waals surface area (Å²) in [6.45, 7) is 2.32. The maximum Gasteiger partial charge on any atom is 0.0537 e. The first kappa shape index (κ1) is 23.1. The van der Waals surface area contributed by atoms with Gasteiger partial charge in [-0.2, -0.15) is 0 Å². The average molecular weight is 515 g/mol. The molecule has 0 radical (unpaired) electrons. The van der Waals surface area contributed by atoms with Crippen LogP contribution in [0.5, 0.6) is 0 Å². The predicted molar refractivity (Wildman–Crippen MR) is 168 cm³/mol. The number of fused-ring (bicyclic) bond motifs is 6. The third kappa shape index (κ3) is 3.49. The second-order valence-corrected chi connectivity index (χ2v) is 10.9. The van der Waals surface area contributed by atoms with Crippen molar-refractivity contribution in [3.63, 3.8) is 0 Å². The molecule has 192 valence electrons. The Hall–Kier alpha value is -4.82.